The number of anilines is 4. The fraction of sp³-hybridized carbons (Fsp3) is 0.176. The minimum absolute atomic E-state index is 0.123. The molecule has 1 heterocycles. The van der Waals surface area contributed by atoms with Gasteiger partial charge in [-0.15, -0.1) is 0 Å². The van der Waals surface area contributed by atoms with Crippen LogP contribution in [0.4, 0.5) is 41.9 Å². The van der Waals surface area contributed by atoms with Gasteiger partial charge in [-0.2, -0.15) is 0 Å². The normalized spacial score (nSPS) is 16.0. The third-order valence-corrected chi connectivity index (χ3v) is 7.56. The first-order valence-electron chi connectivity index (χ1n) is 14.6. The number of Topliss-reactive ketones (excluding diaryl/α,β-unsaturated/α-hetero) is 2. The first-order chi connectivity index (χ1) is 22.7. The van der Waals surface area contributed by atoms with E-state index < -0.39 is 24.2 Å². The number of ketones is 2. The maximum atomic E-state index is 13.2. The highest BCUT2D eigenvalue weighted by Gasteiger charge is 2.46. The lowest BCUT2D eigenvalue weighted by molar-refractivity contribution is -0.112. The Balaban J connectivity index is 1.24. The Kier molecular flexibility index (Phi) is 9.00. The Bertz CT molecular complexity index is 1810. The summed E-state index contributed by atoms with van der Waals surface area (Å²) in [5.74, 6) is -0.247. The van der Waals surface area contributed by atoms with E-state index in [1.165, 1.54) is 36.4 Å². The number of imide groups is 2. The summed E-state index contributed by atoms with van der Waals surface area (Å²) in [5, 5.41) is 12.7. The number of aryl methyl sites for hydroxylation is 2. The molecule has 0 atom stereocenters. The van der Waals surface area contributed by atoms with Gasteiger partial charge in [0.1, 0.15) is 11.4 Å². The molecule has 14 heteroatoms. The summed E-state index contributed by atoms with van der Waals surface area (Å²) in [7, 11) is 0. The van der Waals surface area contributed by atoms with Gasteiger partial charge in [-0.1, -0.05) is 22.4 Å². The molecule has 0 unspecified atom stereocenters. The summed E-state index contributed by atoms with van der Waals surface area (Å²) in [4.78, 5) is 87.0. The third kappa shape index (κ3) is 6.72. The molecule has 3 aliphatic rings. The highest BCUT2D eigenvalue weighted by atomic mass is 16.7. The molecule has 6 amide bonds. The van der Waals surface area contributed by atoms with Crippen molar-refractivity contribution < 1.29 is 38.4 Å². The average Bonchev–Trinajstić information content (AvgIpc) is 3.03. The van der Waals surface area contributed by atoms with Gasteiger partial charge in [-0.25, -0.2) is 29.0 Å². The molecule has 1 fully saturated rings. The molecule has 5 rings (SSSR count). The zero-order chi connectivity index (χ0) is 34.9. The molecule has 0 saturated carbocycles. The molecule has 244 valence electrons. The van der Waals surface area contributed by atoms with Gasteiger partial charge in [0.2, 0.25) is 0 Å². The van der Waals surface area contributed by atoms with E-state index in [2.05, 4.69) is 20.9 Å². The number of hydrogen-bond acceptors (Lipinski definition) is 10. The molecule has 2 aromatic carbocycles. The minimum atomic E-state index is -0.920. The fourth-order valence-electron chi connectivity index (χ4n) is 4.94. The number of hydrogen-bond donors (Lipinski definition) is 2. The molecule has 2 aromatic rings. The summed E-state index contributed by atoms with van der Waals surface area (Å²) in [6.07, 6.45) is 4.14. The van der Waals surface area contributed by atoms with Gasteiger partial charge in [-0.05, 0) is 124 Å². The van der Waals surface area contributed by atoms with Crippen LogP contribution in [0.2, 0.25) is 0 Å². The fourth-order valence-corrected chi connectivity index (χ4v) is 4.94. The molecule has 14 nitrogen and oxygen atoms in total. The lowest BCUT2D eigenvalue weighted by atomic mass is 9.98. The van der Waals surface area contributed by atoms with Gasteiger partial charge in [0.25, 0.3) is 0 Å². The SMILES string of the molecule is CC1=CC(=NOC(=O)Nc2cc(N3C(=O)N(c4ccc(C)c(NC(=O)ON=C5C=C(C)C(=O)C(C)=C5)c4)C3=O)ccc2C)C=C(C)C1=O. The maximum Gasteiger partial charge on any atom is 0.437 e. The Hall–Kier alpha value is -6.44. The predicted molar refractivity (Wildman–Crippen MR) is 178 cm³/mol. The van der Waals surface area contributed by atoms with Crippen LogP contribution in [0.3, 0.4) is 0 Å². The summed E-state index contributed by atoms with van der Waals surface area (Å²) in [6, 6.07) is 7.89. The molecule has 0 bridgehead atoms. The Morgan fingerprint density at radius 2 is 0.896 bits per heavy atom. The molecule has 48 heavy (non-hydrogen) atoms. The lowest BCUT2D eigenvalue weighted by Crippen LogP contribution is -2.64. The second-order valence-electron chi connectivity index (χ2n) is 11.2. The number of amides is 6. The number of rotatable bonds is 6. The van der Waals surface area contributed by atoms with Crippen LogP contribution < -0.4 is 20.4 Å². The molecule has 1 saturated heterocycles. The van der Waals surface area contributed by atoms with Gasteiger partial charge in [0.15, 0.2) is 11.6 Å². The van der Waals surface area contributed by atoms with Gasteiger partial charge in [0.05, 0.1) is 11.4 Å². The van der Waals surface area contributed by atoms with Crippen molar-refractivity contribution in [2.45, 2.75) is 41.5 Å². The third-order valence-electron chi connectivity index (χ3n) is 7.56. The van der Waals surface area contributed by atoms with E-state index in [9.17, 15) is 28.8 Å². The largest absolute Gasteiger partial charge is 0.437 e. The van der Waals surface area contributed by atoms with E-state index in [-0.39, 0.29) is 34.3 Å². The van der Waals surface area contributed by atoms with E-state index in [1.54, 1.807) is 65.8 Å². The highest BCUT2D eigenvalue weighted by molar-refractivity contribution is 6.41. The molecular formula is C34H30N6O8. The smallest absolute Gasteiger partial charge is 0.297 e. The maximum absolute atomic E-state index is 13.2. The van der Waals surface area contributed by atoms with Crippen LogP contribution in [0.15, 0.2) is 93.3 Å². The molecule has 2 N–H and O–H groups in total. The molecular weight excluding hydrogens is 620 g/mol. The van der Waals surface area contributed by atoms with Crippen molar-refractivity contribution in [2.75, 3.05) is 20.4 Å². The van der Waals surface area contributed by atoms with E-state index in [0.29, 0.717) is 44.8 Å². The van der Waals surface area contributed by atoms with Crippen molar-refractivity contribution >= 4 is 70.0 Å². The number of benzene rings is 2. The summed E-state index contributed by atoms with van der Waals surface area (Å²) in [5.41, 5.74) is 4.60. The first-order valence-corrected chi connectivity index (χ1v) is 14.6. The topological polar surface area (TPSA) is 176 Å². The average molecular weight is 651 g/mol. The van der Waals surface area contributed by atoms with Gasteiger partial charge < -0.3 is 0 Å². The van der Waals surface area contributed by atoms with E-state index in [1.807, 2.05) is 0 Å². The van der Waals surface area contributed by atoms with Crippen LogP contribution in [-0.4, -0.2) is 47.2 Å². The van der Waals surface area contributed by atoms with Gasteiger partial charge in [-0.3, -0.25) is 29.9 Å². The van der Waals surface area contributed by atoms with Crippen LogP contribution in [-0.2, 0) is 19.3 Å². The van der Waals surface area contributed by atoms with Crippen molar-refractivity contribution in [3.63, 3.8) is 0 Å². The van der Waals surface area contributed by atoms with E-state index >= 15 is 0 Å². The summed E-state index contributed by atoms with van der Waals surface area (Å²) < 4.78 is 0. The highest BCUT2D eigenvalue weighted by Crippen LogP contribution is 2.34. The summed E-state index contributed by atoms with van der Waals surface area (Å²) in [6.45, 7) is 9.95. The minimum Gasteiger partial charge on any atom is -0.297 e. The first kappa shape index (κ1) is 32.9. The lowest BCUT2D eigenvalue weighted by Gasteiger charge is -2.39. The number of carbonyl (C=O) groups excluding carboxylic acids is 6. The Labute approximate surface area is 274 Å². The number of oxime groups is 2. The zero-order valence-corrected chi connectivity index (χ0v) is 26.8. The van der Waals surface area contributed by atoms with Crippen LogP contribution in [0.5, 0.6) is 0 Å². The van der Waals surface area contributed by atoms with Crippen LogP contribution in [0, 0.1) is 13.8 Å². The molecule has 0 spiro atoms. The molecule has 2 aliphatic carbocycles. The Morgan fingerprint density at radius 3 is 1.23 bits per heavy atom. The molecule has 1 aliphatic heterocycles. The van der Waals surface area contributed by atoms with Crippen LogP contribution >= 0.6 is 0 Å². The molecule has 0 aromatic heterocycles. The quantitative estimate of drug-likeness (QED) is 0.199. The number of allylic oxidation sites excluding steroid dienone is 8. The second kappa shape index (κ2) is 13.1. The standard InChI is InChI=1S/C34H30N6O8/c1-17-7-9-25(15-27(17)35-31(43)47-37-23-11-19(3)29(41)20(4)12-23)39-33(45)40(34(39)46)26-10-8-18(2)28(16-26)36-32(44)48-38-24-13-21(5)30(42)22(6)14-24/h7-16H,1-6H3,(H,35,43)(H,36,44). The van der Waals surface area contributed by atoms with Gasteiger partial charge >= 0.3 is 24.2 Å². The Morgan fingerprint density at radius 1 is 0.562 bits per heavy atom. The van der Waals surface area contributed by atoms with Crippen molar-refractivity contribution in [3.05, 3.63) is 94.1 Å². The van der Waals surface area contributed by atoms with Crippen molar-refractivity contribution in [1.29, 1.82) is 0 Å². The number of nitrogens with one attached hydrogen (secondary N) is 2. The zero-order valence-electron chi connectivity index (χ0n) is 26.8. The second-order valence-corrected chi connectivity index (χ2v) is 11.2. The monoisotopic (exact) mass is 650 g/mol. The van der Waals surface area contributed by atoms with Crippen LogP contribution in [0.1, 0.15) is 38.8 Å². The predicted octanol–water partition coefficient (Wildman–Crippen LogP) is 6.63. The van der Waals surface area contributed by atoms with E-state index in [4.69, 9.17) is 9.68 Å². The van der Waals surface area contributed by atoms with Crippen molar-refractivity contribution in [3.8, 4) is 0 Å². The molecule has 0 radical (unpaired) electrons. The van der Waals surface area contributed by atoms with Gasteiger partial charge in [0, 0.05) is 11.4 Å². The number of urea groups is 2. The van der Waals surface area contributed by atoms with Crippen molar-refractivity contribution in [1.82, 2.24) is 0 Å². The van der Waals surface area contributed by atoms with E-state index in [0.717, 1.165) is 9.80 Å². The summed E-state index contributed by atoms with van der Waals surface area (Å²) >= 11 is 0. The number of carbonyl (C=O) groups is 6. The van der Waals surface area contributed by atoms with Crippen molar-refractivity contribution in [2.24, 2.45) is 10.3 Å². The van der Waals surface area contributed by atoms with Crippen LogP contribution in [0.25, 0.3) is 0 Å². The number of nitrogens with zero attached hydrogens (tertiary/aromatic N) is 4.